The number of nitrogens with zero attached hydrogens (tertiary/aromatic N) is 2. The standard InChI is InChI=1S/C23H14Cl2N2O5/c24-17-3-1-2-15(10-17)13-31-18-7-4-14(5-8-18)11-20-23(28)32-22(26-20)16-6-9-19(25)21(12-16)27(29)30/h1-12H,13H2/b20-11-. The van der Waals surface area contributed by atoms with Crippen LogP contribution >= 0.6 is 23.2 Å². The minimum absolute atomic E-state index is 0.0166. The summed E-state index contributed by atoms with van der Waals surface area (Å²) in [5.41, 5.74) is 1.71. The number of esters is 1. The van der Waals surface area contributed by atoms with Crippen molar-refractivity contribution >= 4 is 46.8 Å². The number of halogens is 2. The minimum Gasteiger partial charge on any atom is -0.489 e. The van der Waals surface area contributed by atoms with Crippen LogP contribution in [-0.4, -0.2) is 16.8 Å². The molecule has 0 radical (unpaired) electrons. The van der Waals surface area contributed by atoms with E-state index in [0.717, 1.165) is 5.56 Å². The number of rotatable bonds is 6. The second kappa shape index (κ2) is 9.21. The highest BCUT2D eigenvalue weighted by Crippen LogP contribution is 2.28. The summed E-state index contributed by atoms with van der Waals surface area (Å²) in [5, 5.41) is 11.7. The SMILES string of the molecule is O=C1OC(c2ccc(Cl)c([N+](=O)[O-])c2)=N/C1=C\c1ccc(OCc2cccc(Cl)c2)cc1. The van der Waals surface area contributed by atoms with Crippen molar-refractivity contribution in [2.75, 3.05) is 0 Å². The predicted molar refractivity (Wildman–Crippen MR) is 121 cm³/mol. The van der Waals surface area contributed by atoms with Crippen molar-refractivity contribution in [3.8, 4) is 5.75 Å². The molecular formula is C23H14Cl2N2O5. The third kappa shape index (κ3) is 4.96. The Bertz CT molecular complexity index is 1270. The molecule has 0 fully saturated rings. The normalized spacial score (nSPS) is 14.2. The molecule has 0 aliphatic carbocycles. The molecule has 4 rings (SSSR count). The Kier molecular flexibility index (Phi) is 6.20. The molecule has 0 N–H and O–H groups in total. The molecular weight excluding hydrogens is 455 g/mol. The summed E-state index contributed by atoms with van der Waals surface area (Å²) in [5.74, 6) is -0.0276. The number of benzene rings is 3. The monoisotopic (exact) mass is 468 g/mol. The number of cyclic esters (lactones) is 1. The van der Waals surface area contributed by atoms with Crippen LogP contribution in [0.3, 0.4) is 0 Å². The summed E-state index contributed by atoms with van der Waals surface area (Å²) in [6, 6.07) is 18.5. The highest BCUT2D eigenvalue weighted by Gasteiger charge is 2.26. The molecule has 160 valence electrons. The lowest BCUT2D eigenvalue weighted by molar-refractivity contribution is -0.384. The van der Waals surface area contributed by atoms with Crippen LogP contribution in [0, 0.1) is 10.1 Å². The molecule has 1 aliphatic heterocycles. The maximum atomic E-state index is 12.2. The first-order chi connectivity index (χ1) is 15.4. The van der Waals surface area contributed by atoms with E-state index in [1.165, 1.54) is 18.2 Å². The van der Waals surface area contributed by atoms with Gasteiger partial charge in [-0.05, 0) is 53.6 Å². The highest BCUT2D eigenvalue weighted by molar-refractivity contribution is 6.32. The highest BCUT2D eigenvalue weighted by atomic mass is 35.5. The third-order valence-corrected chi connectivity index (χ3v) is 5.04. The summed E-state index contributed by atoms with van der Waals surface area (Å²) in [6.45, 7) is 0.369. The van der Waals surface area contributed by atoms with Gasteiger partial charge in [0.1, 0.15) is 17.4 Å². The molecule has 0 amide bonds. The minimum atomic E-state index is -0.654. The number of hydrogen-bond donors (Lipinski definition) is 0. The Hall–Kier alpha value is -3.68. The van der Waals surface area contributed by atoms with Crippen LogP contribution in [0.2, 0.25) is 10.0 Å². The van der Waals surface area contributed by atoms with Crippen molar-refractivity contribution in [2.45, 2.75) is 6.61 Å². The molecule has 0 unspecified atom stereocenters. The summed E-state index contributed by atoms with van der Waals surface area (Å²) < 4.78 is 10.9. The van der Waals surface area contributed by atoms with E-state index in [0.29, 0.717) is 22.9 Å². The van der Waals surface area contributed by atoms with E-state index in [1.807, 2.05) is 18.2 Å². The number of hydrogen-bond acceptors (Lipinski definition) is 6. The van der Waals surface area contributed by atoms with Crippen LogP contribution < -0.4 is 4.74 Å². The van der Waals surface area contributed by atoms with E-state index in [9.17, 15) is 14.9 Å². The summed E-state index contributed by atoms with van der Waals surface area (Å²) in [4.78, 5) is 26.8. The van der Waals surface area contributed by atoms with E-state index in [-0.39, 0.29) is 27.9 Å². The number of nitro groups is 1. The van der Waals surface area contributed by atoms with Crippen molar-refractivity contribution in [1.29, 1.82) is 0 Å². The van der Waals surface area contributed by atoms with Gasteiger partial charge < -0.3 is 9.47 Å². The Balaban J connectivity index is 1.48. The van der Waals surface area contributed by atoms with Crippen LogP contribution in [0.1, 0.15) is 16.7 Å². The van der Waals surface area contributed by atoms with Gasteiger partial charge in [-0.2, -0.15) is 0 Å². The van der Waals surface area contributed by atoms with Crippen molar-refractivity contribution in [1.82, 2.24) is 0 Å². The van der Waals surface area contributed by atoms with Crippen LogP contribution in [0.5, 0.6) is 5.75 Å². The molecule has 0 bridgehead atoms. The second-order valence-corrected chi connectivity index (χ2v) is 7.59. The van der Waals surface area contributed by atoms with Crippen molar-refractivity contribution < 1.29 is 19.2 Å². The Morgan fingerprint density at radius 3 is 2.56 bits per heavy atom. The zero-order valence-electron chi connectivity index (χ0n) is 16.3. The van der Waals surface area contributed by atoms with Gasteiger partial charge in [-0.3, -0.25) is 10.1 Å². The fourth-order valence-corrected chi connectivity index (χ4v) is 3.33. The van der Waals surface area contributed by atoms with Gasteiger partial charge >= 0.3 is 5.97 Å². The van der Waals surface area contributed by atoms with E-state index in [1.54, 1.807) is 36.4 Å². The van der Waals surface area contributed by atoms with E-state index < -0.39 is 10.9 Å². The molecule has 0 spiro atoms. The first-order valence-corrected chi connectivity index (χ1v) is 10.1. The van der Waals surface area contributed by atoms with Gasteiger partial charge in [-0.1, -0.05) is 47.5 Å². The van der Waals surface area contributed by atoms with Crippen molar-refractivity contribution in [3.63, 3.8) is 0 Å². The lowest BCUT2D eigenvalue weighted by atomic mass is 10.2. The lowest BCUT2D eigenvalue weighted by Gasteiger charge is -2.07. The van der Waals surface area contributed by atoms with Gasteiger partial charge in [0.2, 0.25) is 5.90 Å². The van der Waals surface area contributed by atoms with Crippen LogP contribution in [0.25, 0.3) is 6.08 Å². The maximum Gasteiger partial charge on any atom is 0.363 e. The van der Waals surface area contributed by atoms with Gasteiger partial charge in [-0.15, -0.1) is 0 Å². The topological polar surface area (TPSA) is 91.0 Å². The molecule has 1 heterocycles. The average Bonchev–Trinajstić information content (AvgIpc) is 3.13. The Morgan fingerprint density at radius 1 is 1.06 bits per heavy atom. The summed E-state index contributed by atoms with van der Waals surface area (Å²) in [7, 11) is 0. The van der Waals surface area contributed by atoms with Gasteiger partial charge in [0.05, 0.1) is 4.92 Å². The average molecular weight is 469 g/mol. The van der Waals surface area contributed by atoms with Gasteiger partial charge in [0.15, 0.2) is 5.70 Å². The first-order valence-electron chi connectivity index (χ1n) is 9.33. The first kappa shape index (κ1) is 21.5. The molecule has 1 aliphatic rings. The molecule has 0 saturated carbocycles. The number of nitro benzene ring substituents is 1. The number of ether oxygens (including phenoxy) is 2. The van der Waals surface area contributed by atoms with E-state index in [2.05, 4.69) is 4.99 Å². The molecule has 32 heavy (non-hydrogen) atoms. The zero-order valence-corrected chi connectivity index (χ0v) is 17.8. The summed E-state index contributed by atoms with van der Waals surface area (Å²) >= 11 is 11.8. The zero-order chi connectivity index (χ0) is 22.7. The van der Waals surface area contributed by atoms with Crippen molar-refractivity contribution in [3.05, 3.63) is 109 Å². The Morgan fingerprint density at radius 2 is 1.84 bits per heavy atom. The Labute approximate surface area is 192 Å². The fraction of sp³-hybridized carbons (Fsp3) is 0.0435. The molecule has 0 aromatic heterocycles. The van der Waals surface area contributed by atoms with E-state index >= 15 is 0 Å². The molecule has 7 nitrogen and oxygen atoms in total. The second-order valence-electron chi connectivity index (χ2n) is 6.75. The quantitative estimate of drug-likeness (QED) is 0.196. The fourth-order valence-electron chi connectivity index (χ4n) is 2.93. The maximum absolute atomic E-state index is 12.2. The van der Waals surface area contributed by atoms with Crippen LogP contribution in [0.4, 0.5) is 5.69 Å². The largest absolute Gasteiger partial charge is 0.489 e. The van der Waals surface area contributed by atoms with Crippen LogP contribution in [-0.2, 0) is 16.1 Å². The summed E-state index contributed by atoms with van der Waals surface area (Å²) in [6.07, 6.45) is 1.56. The number of carbonyl (C=O) groups excluding carboxylic acids is 1. The molecule has 3 aromatic carbocycles. The third-order valence-electron chi connectivity index (χ3n) is 4.49. The molecule has 0 atom stereocenters. The van der Waals surface area contributed by atoms with Gasteiger partial charge in [0.25, 0.3) is 5.69 Å². The smallest absolute Gasteiger partial charge is 0.363 e. The molecule has 9 heteroatoms. The number of aliphatic imine (C=N–C) groups is 1. The van der Waals surface area contributed by atoms with Gasteiger partial charge in [-0.25, -0.2) is 9.79 Å². The molecule has 0 saturated heterocycles. The van der Waals surface area contributed by atoms with Gasteiger partial charge in [0, 0.05) is 16.7 Å². The van der Waals surface area contributed by atoms with Crippen molar-refractivity contribution in [2.24, 2.45) is 4.99 Å². The lowest BCUT2D eigenvalue weighted by Crippen LogP contribution is -2.06. The van der Waals surface area contributed by atoms with Crippen LogP contribution in [0.15, 0.2) is 77.4 Å². The van der Waals surface area contributed by atoms with E-state index in [4.69, 9.17) is 32.7 Å². The molecule has 3 aromatic rings. The number of carbonyl (C=O) groups is 1. The predicted octanol–water partition coefficient (Wildman–Crippen LogP) is 5.83.